The highest BCUT2D eigenvalue weighted by molar-refractivity contribution is 8.01. The number of aliphatic carboxylic acids is 1. The number of carboxylic acids is 2. The number of rotatable bonds is 7. The number of hydrogen-bond acceptors (Lipinski definition) is 5. The van der Waals surface area contributed by atoms with E-state index in [9.17, 15) is 9.59 Å². The van der Waals surface area contributed by atoms with E-state index >= 15 is 0 Å². The molecule has 1 heterocycles. The number of unbranched alkanes of at least 4 members (excludes halogenated alkanes) is 1. The molecule has 5 nitrogen and oxygen atoms in total. The molecule has 0 aromatic carbocycles. The molecular formula is C10H13NO4S2. The number of carbonyl (C=O) groups is 2. The number of thiazole rings is 1. The normalized spacial score (nSPS) is 10.4. The van der Waals surface area contributed by atoms with E-state index in [4.69, 9.17) is 10.2 Å². The highest BCUT2D eigenvalue weighted by atomic mass is 32.2. The topological polar surface area (TPSA) is 87.5 Å². The molecule has 0 atom stereocenters. The number of aromatic nitrogens is 1. The lowest BCUT2D eigenvalue weighted by Crippen LogP contribution is -1.94. The minimum Gasteiger partial charge on any atom is -0.481 e. The second-order valence-corrected chi connectivity index (χ2v) is 5.74. The molecule has 7 heteroatoms. The van der Waals surface area contributed by atoms with Crippen LogP contribution in [0.25, 0.3) is 0 Å². The summed E-state index contributed by atoms with van der Waals surface area (Å²) in [6.45, 7) is 1.68. The summed E-state index contributed by atoms with van der Waals surface area (Å²) in [6, 6.07) is 0. The van der Waals surface area contributed by atoms with Gasteiger partial charge in [0.15, 0.2) is 4.34 Å². The Kier molecular flexibility index (Phi) is 5.43. The smallest absolute Gasteiger partial charge is 0.347 e. The Balaban J connectivity index is 2.35. The molecule has 0 amide bonds. The van der Waals surface area contributed by atoms with Crippen molar-refractivity contribution in [2.75, 3.05) is 5.75 Å². The summed E-state index contributed by atoms with van der Waals surface area (Å²) in [6.07, 6.45) is 1.61. The van der Waals surface area contributed by atoms with Gasteiger partial charge < -0.3 is 10.2 Å². The molecule has 0 aliphatic heterocycles. The lowest BCUT2D eigenvalue weighted by molar-refractivity contribution is -0.137. The SMILES string of the molecule is Cc1nc(SCCCCC(=O)O)sc1C(=O)O. The monoisotopic (exact) mass is 275 g/mol. The number of carboxylic acid groups (broad SMARTS) is 2. The van der Waals surface area contributed by atoms with Crippen LogP contribution in [0.4, 0.5) is 0 Å². The van der Waals surface area contributed by atoms with Crippen LogP contribution in [0.3, 0.4) is 0 Å². The number of aromatic carboxylic acids is 1. The van der Waals surface area contributed by atoms with Gasteiger partial charge in [0.25, 0.3) is 0 Å². The Morgan fingerprint density at radius 1 is 1.35 bits per heavy atom. The van der Waals surface area contributed by atoms with Gasteiger partial charge in [-0.2, -0.15) is 0 Å². The van der Waals surface area contributed by atoms with E-state index in [1.165, 1.54) is 23.1 Å². The van der Waals surface area contributed by atoms with Crippen molar-refractivity contribution in [2.24, 2.45) is 0 Å². The largest absolute Gasteiger partial charge is 0.481 e. The number of thioether (sulfide) groups is 1. The molecule has 17 heavy (non-hydrogen) atoms. The maximum atomic E-state index is 10.8. The van der Waals surface area contributed by atoms with Crippen LogP contribution in [0.2, 0.25) is 0 Å². The standard InChI is InChI=1S/C10H13NO4S2/c1-6-8(9(14)15)17-10(11-6)16-5-3-2-4-7(12)13/h2-5H2,1H3,(H,12,13)(H,14,15). The van der Waals surface area contributed by atoms with E-state index in [-0.39, 0.29) is 11.3 Å². The van der Waals surface area contributed by atoms with Gasteiger partial charge >= 0.3 is 11.9 Å². The fourth-order valence-electron chi connectivity index (χ4n) is 1.17. The predicted octanol–water partition coefficient (Wildman–Crippen LogP) is 2.50. The van der Waals surface area contributed by atoms with Gasteiger partial charge in [-0.1, -0.05) is 11.8 Å². The van der Waals surface area contributed by atoms with Gasteiger partial charge in [-0.3, -0.25) is 4.79 Å². The first-order valence-electron chi connectivity index (χ1n) is 5.06. The fourth-order valence-corrected chi connectivity index (χ4v) is 3.27. The molecule has 1 rings (SSSR count). The van der Waals surface area contributed by atoms with Crippen molar-refractivity contribution in [1.82, 2.24) is 4.98 Å². The Morgan fingerprint density at radius 2 is 2.06 bits per heavy atom. The van der Waals surface area contributed by atoms with Crippen LogP contribution < -0.4 is 0 Å². The summed E-state index contributed by atoms with van der Waals surface area (Å²) >= 11 is 2.64. The van der Waals surface area contributed by atoms with E-state index in [0.29, 0.717) is 12.1 Å². The molecule has 0 saturated heterocycles. The quantitative estimate of drug-likeness (QED) is 0.587. The summed E-state index contributed by atoms with van der Waals surface area (Å²) in [4.78, 5) is 25.5. The van der Waals surface area contributed by atoms with Gasteiger partial charge in [-0.25, -0.2) is 9.78 Å². The van der Waals surface area contributed by atoms with E-state index in [1.54, 1.807) is 6.92 Å². The van der Waals surface area contributed by atoms with E-state index in [0.717, 1.165) is 16.5 Å². The van der Waals surface area contributed by atoms with Gasteiger partial charge in [-0.15, -0.1) is 11.3 Å². The summed E-state index contributed by atoms with van der Waals surface area (Å²) in [5.41, 5.74) is 0.538. The third kappa shape index (κ3) is 4.74. The van der Waals surface area contributed by atoms with Crippen molar-refractivity contribution >= 4 is 35.0 Å². The van der Waals surface area contributed by atoms with Crippen molar-refractivity contribution in [3.63, 3.8) is 0 Å². The Bertz CT molecular complexity index is 416. The lowest BCUT2D eigenvalue weighted by atomic mass is 10.3. The molecule has 0 aliphatic carbocycles. The molecular weight excluding hydrogens is 262 g/mol. The molecule has 0 spiro atoms. The van der Waals surface area contributed by atoms with Crippen LogP contribution in [0.15, 0.2) is 4.34 Å². The first kappa shape index (κ1) is 14.0. The first-order chi connectivity index (χ1) is 8.00. The molecule has 2 N–H and O–H groups in total. The minimum atomic E-state index is -0.947. The van der Waals surface area contributed by atoms with E-state index < -0.39 is 11.9 Å². The molecule has 0 unspecified atom stereocenters. The maximum absolute atomic E-state index is 10.8. The predicted molar refractivity (Wildman–Crippen MR) is 66.0 cm³/mol. The van der Waals surface area contributed by atoms with Crippen LogP contribution in [0.5, 0.6) is 0 Å². The van der Waals surface area contributed by atoms with Gasteiger partial charge in [-0.05, 0) is 19.8 Å². The number of hydrogen-bond donors (Lipinski definition) is 2. The lowest BCUT2D eigenvalue weighted by Gasteiger charge is -1.96. The summed E-state index contributed by atoms with van der Waals surface area (Å²) in [5.74, 6) is -0.967. The van der Waals surface area contributed by atoms with Crippen molar-refractivity contribution in [1.29, 1.82) is 0 Å². The van der Waals surface area contributed by atoms with Crippen LogP contribution in [0.1, 0.15) is 34.6 Å². The highest BCUT2D eigenvalue weighted by Gasteiger charge is 2.13. The zero-order valence-corrected chi connectivity index (χ0v) is 10.9. The average Bonchev–Trinajstić information content (AvgIpc) is 2.59. The van der Waals surface area contributed by atoms with Gasteiger partial charge in [0.2, 0.25) is 0 Å². The van der Waals surface area contributed by atoms with Gasteiger partial charge in [0.05, 0.1) is 5.69 Å². The molecule has 0 bridgehead atoms. The Morgan fingerprint density at radius 3 is 2.59 bits per heavy atom. The third-order valence-electron chi connectivity index (χ3n) is 1.98. The Labute approximate surface area is 107 Å². The van der Waals surface area contributed by atoms with Gasteiger partial charge in [0.1, 0.15) is 4.88 Å². The van der Waals surface area contributed by atoms with Crippen LogP contribution in [-0.2, 0) is 4.79 Å². The first-order valence-corrected chi connectivity index (χ1v) is 6.86. The summed E-state index contributed by atoms with van der Waals surface area (Å²) in [7, 11) is 0. The van der Waals surface area contributed by atoms with Crippen molar-refractivity contribution in [3.05, 3.63) is 10.6 Å². The minimum absolute atomic E-state index is 0.178. The van der Waals surface area contributed by atoms with E-state index in [2.05, 4.69) is 4.98 Å². The maximum Gasteiger partial charge on any atom is 0.347 e. The van der Waals surface area contributed by atoms with E-state index in [1.807, 2.05) is 0 Å². The van der Waals surface area contributed by atoms with Crippen molar-refractivity contribution in [3.8, 4) is 0 Å². The van der Waals surface area contributed by atoms with Gasteiger partial charge in [0, 0.05) is 12.2 Å². The van der Waals surface area contributed by atoms with Crippen molar-refractivity contribution < 1.29 is 19.8 Å². The highest BCUT2D eigenvalue weighted by Crippen LogP contribution is 2.27. The fraction of sp³-hybridized carbons (Fsp3) is 0.500. The molecule has 1 aromatic rings. The zero-order valence-electron chi connectivity index (χ0n) is 9.30. The second-order valence-electron chi connectivity index (χ2n) is 3.40. The molecule has 0 saturated carbocycles. The third-order valence-corrected chi connectivity index (χ3v) is 4.36. The van der Waals surface area contributed by atoms with Crippen LogP contribution in [0, 0.1) is 6.92 Å². The van der Waals surface area contributed by atoms with Crippen LogP contribution >= 0.6 is 23.1 Å². The zero-order chi connectivity index (χ0) is 12.8. The molecule has 94 valence electrons. The summed E-state index contributed by atoms with van der Waals surface area (Å²) < 4.78 is 0.732. The molecule has 0 fully saturated rings. The summed E-state index contributed by atoms with van der Waals surface area (Å²) in [5, 5.41) is 17.3. The van der Waals surface area contributed by atoms with Crippen LogP contribution in [-0.4, -0.2) is 32.9 Å². The molecule has 0 radical (unpaired) electrons. The molecule has 0 aliphatic rings. The number of nitrogens with zero attached hydrogens (tertiary/aromatic N) is 1. The average molecular weight is 275 g/mol. The second kappa shape index (κ2) is 6.61. The Hall–Kier alpha value is -1.08. The van der Waals surface area contributed by atoms with Crippen molar-refractivity contribution in [2.45, 2.75) is 30.5 Å². The number of aryl methyl sites for hydroxylation is 1. The molecule has 1 aromatic heterocycles.